The third-order valence-electron chi connectivity index (χ3n) is 4.01. The Morgan fingerprint density at radius 1 is 1.29 bits per heavy atom. The van der Waals surface area contributed by atoms with Crippen molar-refractivity contribution in [1.29, 1.82) is 0 Å². The van der Waals surface area contributed by atoms with Gasteiger partial charge in [0.15, 0.2) is 0 Å². The van der Waals surface area contributed by atoms with Crippen molar-refractivity contribution in [1.82, 2.24) is 10.2 Å². The number of nitrogens with one attached hydrogen (secondary N) is 1. The van der Waals surface area contributed by atoms with Crippen molar-refractivity contribution in [3.05, 3.63) is 0 Å². The minimum absolute atomic E-state index is 0.133. The molecule has 3 unspecified atom stereocenters. The van der Waals surface area contributed by atoms with Gasteiger partial charge in [0, 0.05) is 25.7 Å². The number of aliphatic hydroxyl groups excluding tert-OH is 1. The maximum Gasteiger partial charge on any atom is 0.0826 e. The van der Waals surface area contributed by atoms with Crippen LogP contribution in [0.3, 0.4) is 0 Å². The van der Waals surface area contributed by atoms with Crippen LogP contribution in [0.4, 0.5) is 0 Å². The number of aliphatic hydroxyl groups is 1. The first-order chi connectivity index (χ1) is 8.31. The van der Waals surface area contributed by atoms with Gasteiger partial charge in [-0.3, -0.25) is 4.90 Å². The highest BCUT2D eigenvalue weighted by molar-refractivity contribution is 4.85. The number of hydrogen-bond donors (Lipinski definition) is 2. The number of nitrogens with zero attached hydrogens (tertiary/aromatic N) is 1. The second kappa shape index (κ2) is 6.69. The van der Waals surface area contributed by atoms with Crippen LogP contribution in [0.15, 0.2) is 0 Å². The molecule has 2 N–H and O–H groups in total. The fourth-order valence-corrected chi connectivity index (χ4v) is 3.09. The first kappa shape index (κ1) is 13.3. The summed E-state index contributed by atoms with van der Waals surface area (Å²) in [4.78, 5) is 2.45. The predicted octanol–water partition coefficient (Wildman–Crippen LogP) is 0.600. The average molecular weight is 242 g/mol. The molecule has 0 aromatic rings. The van der Waals surface area contributed by atoms with Crippen molar-refractivity contribution < 1.29 is 9.84 Å². The van der Waals surface area contributed by atoms with E-state index in [2.05, 4.69) is 10.2 Å². The van der Waals surface area contributed by atoms with Gasteiger partial charge in [-0.15, -0.1) is 0 Å². The van der Waals surface area contributed by atoms with Crippen LogP contribution in [0.5, 0.6) is 0 Å². The summed E-state index contributed by atoms with van der Waals surface area (Å²) in [6.45, 7) is 3.64. The normalized spacial score (nSPS) is 36.7. The smallest absolute Gasteiger partial charge is 0.0826 e. The van der Waals surface area contributed by atoms with Crippen LogP contribution in [0.1, 0.15) is 32.1 Å². The van der Waals surface area contributed by atoms with E-state index in [9.17, 15) is 5.11 Å². The van der Waals surface area contributed by atoms with Gasteiger partial charge in [-0.05, 0) is 19.9 Å². The molecular formula is C13H26N2O2. The van der Waals surface area contributed by atoms with Crippen LogP contribution in [-0.4, -0.2) is 61.5 Å². The molecule has 2 aliphatic rings. The summed E-state index contributed by atoms with van der Waals surface area (Å²) in [5.74, 6) is 0. The topological polar surface area (TPSA) is 44.7 Å². The van der Waals surface area contributed by atoms with E-state index in [0.29, 0.717) is 6.04 Å². The van der Waals surface area contributed by atoms with E-state index in [4.69, 9.17) is 4.74 Å². The largest absolute Gasteiger partial charge is 0.391 e. The van der Waals surface area contributed by atoms with E-state index in [1.807, 2.05) is 7.05 Å². The highest BCUT2D eigenvalue weighted by Gasteiger charge is 2.31. The SMILES string of the molecule is CNCC1CN(C2CCCCCC2O)CCO1. The van der Waals surface area contributed by atoms with Gasteiger partial charge in [-0.1, -0.05) is 19.3 Å². The zero-order valence-corrected chi connectivity index (χ0v) is 10.9. The zero-order valence-electron chi connectivity index (χ0n) is 10.9. The molecule has 2 rings (SSSR count). The van der Waals surface area contributed by atoms with Gasteiger partial charge in [0.1, 0.15) is 0 Å². The summed E-state index contributed by atoms with van der Waals surface area (Å²) in [5, 5.41) is 13.4. The van der Waals surface area contributed by atoms with Gasteiger partial charge in [0.2, 0.25) is 0 Å². The third kappa shape index (κ3) is 3.65. The zero-order chi connectivity index (χ0) is 12.1. The van der Waals surface area contributed by atoms with Crippen LogP contribution >= 0.6 is 0 Å². The molecule has 1 aliphatic carbocycles. The maximum absolute atomic E-state index is 10.2. The van der Waals surface area contributed by atoms with E-state index >= 15 is 0 Å². The monoisotopic (exact) mass is 242 g/mol. The fraction of sp³-hybridized carbons (Fsp3) is 1.00. The molecule has 0 radical (unpaired) electrons. The number of rotatable bonds is 3. The molecule has 100 valence electrons. The minimum atomic E-state index is -0.133. The second-order valence-corrected chi connectivity index (χ2v) is 5.32. The molecule has 0 spiro atoms. The average Bonchev–Trinajstić information content (AvgIpc) is 2.55. The Morgan fingerprint density at radius 3 is 2.94 bits per heavy atom. The molecule has 1 saturated carbocycles. The molecule has 0 aromatic heterocycles. The number of morpholine rings is 1. The lowest BCUT2D eigenvalue weighted by molar-refractivity contribution is -0.0642. The van der Waals surface area contributed by atoms with Crippen LogP contribution in [0.25, 0.3) is 0 Å². The molecule has 17 heavy (non-hydrogen) atoms. The quantitative estimate of drug-likeness (QED) is 0.711. The number of hydrogen-bond acceptors (Lipinski definition) is 4. The Balaban J connectivity index is 1.90. The minimum Gasteiger partial charge on any atom is -0.391 e. The van der Waals surface area contributed by atoms with E-state index in [0.717, 1.165) is 39.1 Å². The third-order valence-corrected chi connectivity index (χ3v) is 4.01. The van der Waals surface area contributed by atoms with E-state index < -0.39 is 0 Å². The standard InChI is InChI=1S/C13H26N2O2/c1-14-9-11-10-15(7-8-17-11)12-5-3-2-4-6-13(12)16/h11-14,16H,2-10H2,1H3. The van der Waals surface area contributed by atoms with E-state index in [1.165, 1.54) is 19.3 Å². The van der Waals surface area contributed by atoms with Crippen LogP contribution in [0, 0.1) is 0 Å². The van der Waals surface area contributed by atoms with E-state index in [1.54, 1.807) is 0 Å². The summed E-state index contributed by atoms with van der Waals surface area (Å²) in [5.41, 5.74) is 0. The molecule has 1 saturated heterocycles. The van der Waals surface area contributed by atoms with Gasteiger partial charge in [-0.25, -0.2) is 0 Å². The maximum atomic E-state index is 10.2. The molecular weight excluding hydrogens is 216 g/mol. The second-order valence-electron chi connectivity index (χ2n) is 5.32. The summed E-state index contributed by atoms with van der Waals surface area (Å²) < 4.78 is 5.72. The number of likely N-dealkylation sites (N-methyl/N-ethyl adjacent to an activating group) is 1. The van der Waals surface area contributed by atoms with Crippen LogP contribution in [0.2, 0.25) is 0 Å². The molecule has 4 heteroatoms. The van der Waals surface area contributed by atoms with Gasteiger partial charge >= 0.3 is 0 Å². The Hall–Kier alpha value is -0.160. The fourth-order valence-electron chi connectivity index (χ4n) is 3.09. The molecule has 0 amide bonds. The molecule has 1 heterocycles. The van der Waals surface area contributed by atoms with Gasteiger partial charge in [0.05, 0.1) is 18.8 Å². The van der Waals surface area contributed by atoms with Crippen molar-refractivity contribution in [3.63, 3.8) is 0 Å². The van der Waals surface area contributed by atoms with Crippen molar-refractivity contribution in [2.75, 3.05) is 33.3 Å². The van der Waals surface area contributed by atoms with Crippen molar-refractivity contribution in [3.8, 4) is 0 Å². The highest BCUT2D eigenvalue weighted by atomic mass is 16.5. The molecule has 4 nitrogen and oxygen atoms in total. The van der Waals surface area contributed by atoms with Gasteiger partial charge in [-0.2, -0.15) is 0 Å². The van der Waals surface area contributed by atoms with Gasteiger partial charge in [0.25, 0.3) is 0 Å². The van der Waals surface area contributed by atoms with Crippen LogP contribution in [-0.2, 0) is 4.74 Å². The first-order valence-electron chi connectivity index (χ1n) is 6.99. The number of ether oxygens (including phenoxy) is 1. The predicted molar refractivity (Wildman–Crippen MR) is 68.1 cm³/mol. The summed E-state index contributed by atoms with van der Waals surface area (Å²) >= 11 is 0. The van der Waals surface area contributed by atoms with Crippen molar-refractivity contribution in [2.45, 2.75) is 50.4 Å². The molecule has 2 fully saturated rings. The summed E-state index contributed by atoms with van der Waals surface area (Å²) in [6.07, 6.45) is 5.98. The lowest BCUT2D eigenvalue weighted by Gasteiger charge is -2.39. The summed E-state index contributed by atoms with van der Waals surface area (Å²) in [6, 6.07) is 0.362. The Labute approximate surface area is 104 Å². The first-order valence-corrected chi connectivity index (χ1v) is 6.99. The van der Waals surface area contributed by atoms with Crippen molar-refractivity contribution >= 4 is 0 Å². The Kier molecular flexibility index (Phi) is 5.22. The Bertz CT molecular complexity index is 223. The van der Waals surface area contributed by atoms with Gasteiger partial charge < -0.3 is 15.2 Å². The molecule has 0 bridgehead atoms. The van der Waals surface area contributed by atoms with Crippen LogP contribution < -0.4 is 5.32 Å². The van der Waals surface area contributed by atoms with Crippen molar-refractivity contribution in [2.24, 2.45) is 0 Å². The Morgan fingerprint density at radius 2 is 2.12 bits per heavy atom. The molecule has 1 aliphatic heterocycles. The van der Waals surface area contributed by atoms with E-state index in [-0.39, 0.29) is 12.2 Å². The lowest BCUT2D eigenvalue weighted by Crippen LogP contribution is -2.53. The lowest BCUT2D eigenvalue weighted by atomic mass is 10.0. The molecule has 0 aromatic carbocycles. The summed E-state index contributed by atoms with van der Waals surface area (Å²) in [7, 11) is 1.96. The molecule has 3 atom stereocenters. The highest BCUT2D eigenvalue weighted by Crippen LogP contribution is 2.24.